The molecule has 4 nitrogen and oxygen atoms in total. The van der Waals surface area contributed by atoms with Crippen molar-refractivity contribution in [2.75, 3.05) is 11.9 Å². The Hall–Kier alpha value is -1.88. The lowest BCUT2D eigenvalue weighted by Gasteiger charge is -2.06. The maximum absolute atomic E-state index is 10.8. The largest absolute Gasteiger partial charge is 0.384 e. The molecular weight excluding hydrogens is 248 g/mol. The molecule has 2 aromatic rings. The van der Waals surface area contributed by atoms with Crippen LogP contribution < -0.4 is 5.32 Å². The average Bonchev–Trinajstić information content (AvgIpc) is 2.84. The number of hydrogen-bond acceptors (Lipinski definition) is 4. The summed E-state index contributed by atoms with van der Waals surface area (Å²) in [4.78, 5) is 11.8. The van der Waals surface area contributed by atoms with Crippen molar-refractivity contribution in [3.63, 3.8) is 0 Å². The van der Waals surface area contributed by atoms with Gasteiger partial charge in [-0.05, 0) is 30.9 Å². The molecule has 2 rings (SSSR count). The molecule has 1 N–H and O–H groups in total. The zero-order chi connectivity index (χ0) is 13.0. The summed E-state index contributed by atoms with van der Waals surface area (Å²) in [7, 11) is 0. The normalized spacial score (nSPS) is 10.3. The lowest BCUT2D eigenvalue weighted by molar-refractivity contribution is -0.385. The predicted octanol–water partition coefficient (Wildman–Crippen LogP) is 3.62. The molecule has 0 atom stereocenters. The highest BCUT2D eigenvalue weighted by molar-refractivity contribution is 7.09. The van der Waals surface area contributed by atoms with E-state index in [2.05, 4.69) is 11.4 Å². The molecule has 0 aliphatic rings. The number of anilines is 1. The number of thiophene rings is 1. The van der Waals surface area contributed by atoms with Crippen molar-refractivity contribution in [2.24, 2.45) is 0 Å². The Morgan fingerprint density at radius 2 is 2.22 bits per heavy atom. The van der Waals surface area contributed by atoms with Crippen LogP contribution in [0.3, 0.4) is 0 Å². The van der Waals surface area contributed by atoms with Crippen LogP contribution in [0.4, 0.5) is 11.4 Å². The fourth-order valence-corrected chi connectivity index (χ4v) is 2.41. The first kappa shape index (κ1) is 12.6. The second kappa shape index (κ2) is 5.64. The highest BCUT2D eigenvalue weighted by atomic mass is 32.1. The Kier molecular flexibility index (Phi) is 3.94. The molecule has 0 spiro atoms. The van der Waals surface area contributed by atoms with E-state index >= 15 is 0 Å². The minimum atomic E-state index is -0.347. The average molecular weight is 262 g/mol. The van der Waals surface area contributed by atoms with Crippen molar-refractivity contribution in [3.05, 3.63) is 56.3 Å². The lowest BCUT2D eigenvalue weighted by atomic mass is 10.2. The molecule has 1 aromatic heterocycles. The molecule has 94 valence electrons. The van der Waals surface area contributed by atoms with Gasteiger partial charge in [0, 0.05) is 28.7 Å². The summed E-state index contributed by atoms with van der Waals surface area (Å²) in [6.07, 6.45) is 0.930. The highest BCUT2D eigenvalue weighted by Crippen LogP contribution is 2.22. The van der Waals surface area contributed by atoms with Gasteiger partial charge in [0.2, 0.25) is 0 Å². The molecule has 0 saturated heterocycles. The van der Waals surface area contributed by atoms with Gasteiger partial charge in [-0.1, -0.05) is 12.1 Å². The monoisotopic (exact) mass is 262 g/mol. The van der Waals surface area contributed by atoms with Crippen molar-refractivity contribution in [1.29, 1.82) is 0 Å². The summed E-state index contributed by atoms with van der Waals surface area (Å²) >= 11 is 1.72. The van der Waals surface area contributed by atoms with E-state index in [1.807, 2.05) is 17.5 Å². The summed E-state index contributed by atoms with van der Waals surface area (Å²) in [5.74, 6) is 0. The van der Waals surface area contributed by atoms with E-state index in [1.54, 1.807) is 30.4 Å². The lowest BCUT2D eigenvalue weighted by Crippen LogP contribution is -2.04. The van der Waals surface area contributed by atoms with Crippen molar-refractivity contribution < 1.29 is 4.92 Å². The van der Waals surface area contributed by atoms with E-state index < -0.39 is 0 Å². The smallest absolute Gasteiger partial charge is 0.274 e. The molecule has 0 fully saturated rings. The number of nitrogens with one attached hydrogen (secondary N) is 1. The van der Waals surface area contributed by atoms with Gasteiger partial charge in [0.1, 0.15) is 0 Å². The first-order valence-corrected chi connectivity index (χ1v) is 6.56. The van der Waals surface area contributed by atoms with Crippen molar-refractivity contribution >= 4 is 22.7 Å². The van der Waals surface area contributed by atoms with Crippen molar-refractivity contribution in [1.82, 2.24) is 0 Å². The molecule has 18 heavy (non-hydrogen) atoms. The van der Waals surface area contributed by atoms with Crippen LogP contribution in [-0.4, -0.2) is 11.5 Å². The molecule has 0 aliphatic carbocycles. The van der Waals surface area contributed by atoms with Crippen LogP contribution in [-0.2, 0) is 6.42 Å². The van der Waals surface area contributed by atoms with Gasteiger partial charge in [-0.15, -0.1) is 11.3 Å². The van der Waals surface area contributed by atoms with E-state index in [4.69, 9.17) is 0 Å². The van der Waals surface area contributed by atoms with Gasteiger partial charge in [-0.3, -0.25) is 10.1 Å². The molecule has 0 amide bonds. The van der Waals surface area contributed by atoms with Gasteiger partial charge < -0.3 is 5.32 Å². The van der Waals surface area contributed by atoms with Crippen LogP contribution in [0.25, 0.3) is 0 Å². The van der Waals surface area contributed by atoms with Crippen LogP contribution in [0.5, 0.6) is 0 Å². The molecule has 0 bridgehead atoms. The molecule has 1 heterocycles. The predicted molar refractivity (Wildman–Crippen MR) is 74.3 cm³/mol. The van der Waals surface area contributed by atoms with E-state index in [9.17, 15) is 10.1 Å². The zero-order valence-corrected chi connectivity index (χ0v) is 10.9. The van der Waals surface area contributed by atoms with Crippen LogP contribution in [0.1, 0.15) is 10.4 Å². The standard InChI is InChI=1S/C13H14N2O2S/c1-10-4-5-11(9-13(10)15(16)17)14-7-6-12-3-2-8-18-12/h2-5,8-9,14H,6-7H2,1H3. The number of benzene rings is 1. The van der Waals surface area contributed by atoms with Crippen LogP contribution in [0, 0.1) is 17.0 Å². The van der Waals surface area contributed by atoms with Gasteiger partial charge in [0.25, 0.3) is 5.69 Å². The highest BCUT2D eigenvalue weighted by Gasteiger charge is 2.10. The molecule has 0 aliphatic heterocycles. The Morgan fingerprint density at radius 1 is 1.39 bits per heavy atom. The van der Waals surface area contributed by atoms with Crippen LogP contribution >= 0.6 is 11.3 Å². The number of nitro groups is 1. The third-order valence-corrected chi connectivity index (χ3v) is 3.62. The Labute approximate surface area is 109 Å². The van der Waals surface area contributed by atoms with Gasteiger partial charge >= 0.3 is 0 Å². The zero-order valence-electron chi connectivity index (χ0n) is 10.1. The number of aryl methyl sites for hydroxylation is 1. The third kappa shape index (κ3) is 3.07. The third-order valence-electron chi connectivity index (χ3n) is 2.69. The minimum Gasteiger partial charge on any atom is -0.384 e. The molecule has 0 unspecified atom stereocenters. The summed E-state index contributed by atoms with van der Waals surface area (Å²) in [6, 6.07) is 9.34. The second-order valence-corrected chi connectivity index (χ2v) is 5.05. The summed E-state index contributed by atoms with van der Waals surface area (Å²) in [5, 5.41) is 16.1. The summed E-state index contributed by atoms with van der Waals surface area (Å²) in [5.41, 5.74) is 1.64. The van der Waals surface area contributed by atoms with E-state index in [0.717, 1.165) is 18.7 Å². The van der Waals surface area contributed by atoms with Crippen molar-refractivity contribution in [2.45, 2.75) is 13.3 Å². The summed E-state index contributed by atoms with van der Waals surface area (Å²) < 4.78 is 0. The SMILES string of the molecule is Cc1ccc(NCCc2cccs2)cc1[N+](=O)[O-]. The Morgan fingerprint density at radius 3 is 2.89 bits per heavy atom. The number of nitrogens with zero attached hydrogens (tertiary/aromatic N) is 1. The molecular formula is C13H14N2O2S. The quantitative estimate of drug-likeness (QED) is 0.661. The Bertz CT molecular complexity index is 538. The maximum atomic E-state index is 10.8. The molecule has 0 saturated carbocycles. The topological polar surface area (TPSA) is 55.2 Å². The van der Waals surface area contributed by atoms with E-state index in [-0.39, 0.29) is 10.6 Å². The minimum absolute atomic E-state index is 0.163. The number of rotatable bonds is 5. The van der Waals surface area contributed by atoms with E-state index in [1.165, 1.54) is 4.88 Å². The fourth-order valence-electron chi connectivity index (χ4n) is 1.70. The molecule has 5 heteroatoms. The van der Waals surface area contributed by atoms with E-state index in [0.29, 0.717) is 5.56 Å². The number of hydrogen-bond donors (Lipinski definition) is 1. The Balaban J connectivity index is 1.97. The number of nitro benzene ring substituents is 1. The second-order valence-electron chi connectivity index (χ2n) is 4.01. The summed E-state index contributed by atoms with van der Waals surface area (Å²) in [6.45, 7) is 2.52. The maximum Gasteiger partial charge on any atom is 0.274 e. The van der Waals surface area contributed by atoms with Crippen LogP contribution in [0.15, 0.2) is 35.7 Å². The van der Waals surface area contributed by atoms with Crippen LogP contribution in [0.2, 0.25) is 0 Å². The van der Waals surface area contributed by atoms with Crippen molar-refractivity contribution in [3.8, 4) is 0 Å². The molecule has 1 aromatic carbocycles. The molecule has 0 radical (unpaired) electrons. The fraction of sp³-hybridized carbons (Fsp3) is 0.231. The van der Waals surface area contributed by atoms with Gasteiger partial charge in [0.05, 0.1) is 4.92 Å². The first-order chi connectivity index (χ1) is 8.66. The van der Waals surface area contributed by atoms with Gasteiger partial charge in [-0.25, -0.2) is 0 Å². The van der Waals surface area contributed by atoms with Gasteiger partial charge in [-0.2, -0.15) is 0 Å². The van der Waals surface area contributed by atoms with Gasteiger partial charge in [0.15, 0.2) is 0 Å². The first-order valence-electron chi connectivity index (χ1n) is 5.68.